The standard InChI is InChI=1S/C20H19FN6O/c1-3-16-18(13-6-8-15(21)9-7-13)20(26(2)25-16)24-17(28)12-27-19-14(11-23-27)5-4-10-22-19/h4-11H,3,12H2,1-2H3,(H,24,28). The van der Waals surface area contributed by atoms with Gasteiger partial charge >= 0.3 is 0 Å². The molecule has 0 bridgehead atoms. The molecule has 3 aromatic heterocycles. The normalized spacial score (nSPS) is 11.1. The van der Waals surface area contributed by atoms with E-state index in [0.29, 0.717) is 17.9 Å². The van der Waals surface area contributed by atoms with Crippen LogP contribution in [0.5, 0.6) is 0 Å². The molecule has 0 atom stereocenters. The number of aromatic nitrogens is 5. The van der Waals surface area contributed by atoms with E-state index in [4.69, 9.17) is 0 Å². The third-order valence-corrected chi connectivity index (χ3v) is 4.54. The largest absolute Gasteiger partial charge is 0.309 e. The van der Waals surface area contributed by atoms with Crippen LogP contribution in [-0.4, -0.2) is 30.5 Å². The monoisotopic (exact) mass is 378 g/mol. The van der Waals surface area contributed by atoms with E-state index in [2.05, 4.69) is 20.5 Å². The number of amides is 1. The molecule has 0 aliphatic rings. The van der Waals surface area contributed by atoms with Crippen molar-refractivity contribution in [3.05, 3.63) is 60.3 Å². The van der Waals surface area contributed by atoms with Crippen LogP contribution >= 0.6 is 0 Å². The minimum atomic E-state index is -0.311. The summed E-state index contributed by atoms with van der Waals surface area (Å²) >= 11 is 0. The van der Waals surface area contributed by atoms with Gasteiger partial charge in [-0.05, 0) is 36.2 Å². The van der Waals surface area contributed by atoms with Gasteiger partial charge in [-0.15, -0.1) is 0 Å². The zero-order valence-electron chi connectivity index (χ0n) is 15.6. The van der Waals surface area contributed by atoms with E-state index in [1.165, 1.54) is 12.1 Å². The molecule has 1 amide bonds. The second kappa shape index (κ2) is 7.22. The lowest BCUT2D eigenvalue weighted by molar-refractivity contribution is -0.116. The third kappa shape index (κ3) is 3.24. The number of hydrogen-bond donors (Lipinski definition) is 1. The van der Waals surface area contributed by atoms with Crippen LogP contribution in [0.3, 0.4) is 0 Å². The highest BCUT2D eigenvalue weighted by molar-refractivity contribution is 5.95. The molecule has 0 saturated carbocycles. The number of benzene rings is 1. The van der Waals surface area contributed by atoms with Gasteiger partial charge < -0.3 is 5.32 Å². The fourth-order valence-corrected chi connectivity index (χ4v) is 3.23. The summed E-state index contributed by atoms with van der Waals surface area (Å²) in [5, 5.41) is 12.5. The number of anilines is 1. The van der Waals surface area contributed by atoms with E-state index >= 15 is 0 Å². The first-order valence-electron chi connectivity index (χ1n) is 8.95. The zero-order valence-corrected chi connectivity index (χ0v) is 15.6. The highest BCUT2D eigenvalue weighted by atomic mass is 19.1. The number of carbonyl (C=O) groups excluding carboxylic acids is 1. The van der Waals surface area contributed by atoms with Crippen LogP contribution in [0.1, 0.15) is 12.6 Å². The average molecular weight is 378 g/mol. The first-order valence-corrected chi connectivity index (χ1v) is 8.95. The molecular weight excluding hydrogens is 359 g/mol. The zero-order chi connectivity index (χ0) is 19.7. The van der Waals surface area contributed by atoms with Crippen LogP contribution in [0.25, 0.3) is 22.2 Å². The predicted molar refractivity (Wildman–Crippen MR) is 104 cm³/mol. The molecule has 28 heavy (non-hydrogen) atoms. The van der Waals surface area contributed by atoms with Crippen molar-refractivity contribution in [3.8, 4) is 11.1 Å². The van der Waals surface area contributed by atoms with Gasteiger partial charge in [-0.25, -0.2) is 14.1 Å². The molecule has 1 N–H and O–H groups in total. The number of carbonyl (C=O) groups is 1. The van der Waals surface area contributed by atoms with Crippen molar-refractivity contribution < 1.29 is 9.18 Å². The van der Waals surface area contributed by atoms with Crippen LogP contribution in [0.15, 0.2) is 48.8 Å². The molecule has 0 radical (unpaired) electrons. The molecule has 7 nitrogen and oxygen atoms in total. The second-order valence-corrected chi connectivity index (χ2v) is 6.42. The molecule has 3 heterocycles. The van der Waals surface area contributed by atoms with E-state index < -0.39 is 0 Å². The molecule has 8 heteroatoms. The summed E-state index contributed by atoms with van der Waals surface area (Å²) in [4.78, 5) is 17.0. The molecule has 0 unspecified atom stereocenters. The van der Waals surface area contributed by atoms with Gasteiger partial charge in [0.1, 0.15) is 18.2 Å². The Kier molecular flexibility index (Phi) is 4.60. The topological polar surface area (TPSA) is 77.6 Å². The summed E-state index contributed by atoms with van der Waals surface area (Å²) in [6.07, 6.45) is 4.03. The number of hydrogen-bond acceptors (Lipinski definition) is 4. The molecule has 0 fully saturated rings. The maximum atomic E-state index is 13.3. The molecule has 0 aliphatic carbocycles. The first kappa shape index (κ1) is 17.8. The highest BCUT2D eigenvalue weighted by Gasteiger charge is 2.19. The van der Waals surface area contributed by atoms with Crippen LogP contribution in [0.4, 0.5) is 10.2 Å². The molecule has 0 aliphatic heterocycles. The van der Waals surface area contributed by atoms with E-state index in [1.807, 2.05) is 19.1 Å². The van der Waals surface area contributed by atoms with Crippen molar-refractivity contribution in [1.82, 2.24) is 24.5 Å². The van der Waals surface area contributed by atoms with E-state index in [-0.39, 0.29) is 18.3 Å². The van der Waals surface area contributed by atoms with E-state index in [0.717, 1.165) is 22.2 Å². The minimum Gasteiger partial charge on any atom is -0.309 e. The Morgan fingerprint density at radius 3 is 2.75 bits per heavy atom. The number of nitrogens with zero attached hydrogens (tertiary/aromatic N) is 5. The Balaban J connectivity index is 1.65. The van der Waals surface area contributed by atoms with Crippen LogP contribution < -0.4 is 5.32 Å². The summed E-state index contributed by atoms with van der Waals surface area (Å²) in [6, 6.07) is 9.89. The lowest BCUT2D eigenvalue weighted by Crippen LogP contribution is -2.21. The molecule has 0 spiro atoms. The Morgan fingerprint density at radius 1 is 1.21 bits per heavy atom. The Bertz CT molecular complexity index is 1150. The molecule has 0 saturated heterocycles. The number of nitrogens with one attached hydrogen (secondary N) is 1. The van der Waals surface area contributed by atoms with Gasteiger partial charge in [0.15, 0.2) is 5.65 Å². The highest BCUT2D eigenvalue weighted by Crippen LogP contribution is 2.32. The van der Waals surface area contributed by atoms with Gasteiger partial charge in [0, 0.05) is 24.2 Å². The fraction of sp³-hybridized carbons (Fsp3) is 0.200. The second-order valence-electron chi connectivity index (χ2n) is 6.42. The summed E-state index contributed by atoms with van der Waals surface area (Å²) in [7, 11) is 1.77. The average Bonchev–Trinajstić information content (AvgIpc) is 3.24. The number of aryl methyl sites for hydroxylation is 2. The smallest absolute Gasteiger partial charge is 0.247 e. The molecule has 4 aromatic rings. The van der Waals surface area contributed by atoms with E-state index in [9.17, 15) is 9.18 Å². The van der Waals surface area contributed by atoms with Gasteiger partial charge in [-0.2, -0.15) is 10.2 Å². The summed E-state index contributed by atoms with van der Waals surface area (Å²) in [5.41, 5.74) is 3.07. The Morgan fingerprint density at radius 2 is 2.00 bits per heavy atom. The molecule has 142 valence electrons. The van der Waals surface area contributed by atoms with Crippen molar-refractivity contribution in [1.29, 1.82) is 0 Å². The lowest BCUT2D eigenvalue weighted by Gasteiger charge is -2.10. The Labute approximate surface area is 160 Å². The number of pyridine rings is 1. The Hall–Kier alpha value is -3.55. The van der Waals surface area contributed by atoms with Crippen molar-refractivity contribution >= 4 is 22.8 Å². The first-order chi connectivity index (χ1) is 13.6. The number of halogens is 1. The quantitative estimate of drug-likeness (QED) is 0.579. The molecular formula is C20H19FN6O. The summed E-state index contributed by atoms with van der Waals surface area (Å²) in [5.74, 6) is 0.0110. The summed E-state index contributed by atoms with van der Waals surface area (Å²) in [6.45, 7) is 2.01. The van der Waals surface area contributed by atoms with Crippen LogP contribution in [0, 0.1) is 5.82 Å². The fourth-order valence-electron chi connectivity index (χ4n) is 3.23. The SMILES string of the molecule is CCc1nn(C)c(NC(=O)Cn2ncc3cccnc32)c1-c1ccc(F)cc1. The predicted octanol–water partition coefficient (Wildman–Crippen LogP) is 3.17. The van der Waals surface area contributed by atoms with Crippen molar-refractivity contribution in [2.24, 2.45) is 7.05 Å². The maximum Gasteiger partial charge on any atom is 0.247 e. The maximum absolute atomic E-state index is 13.3. The molecule has 4 rings (SSSR count). The minimum absolute atomic E-state index is 0.0238. The number of rotatable bonds is 5. The van der Waals surface area contributed by atoms with Gasteiger partial charge in [0.05, 0.1) is 11.9 Å². The van der Waals surface area contributed by atoms with Gasteiger partial charge in [-0.1, -0.05) is 19.1 Å². The lowest BCUT2D eigenvalue weighted by atomic mass is 10.0. The van der Waals surface area contributed by atoms with Gasteiger partial charge in [-0.3, -0.25) is 9.48 Å². The van der Waals surface area contributed by atoms with Gasteiger partial charge in [0.25, 0.3) is 0 Å². The third-order valence-electron chi connectivity index (χ3n) is 4.54. The summed E-state index contributed by atoms with van der Waals surface area (Å²) < 4.78 is 16.5. The van der Waals surface area contributed by atoms with Crippen molar-refractivity contribution in [2.75, 3.05) is 5.32 Å². The van der Waals surface area contributed by atoms with Gasteiger partial charge in [0.2, 0.25) is 5.91 Å². The van der Waals surface area contributed by atoms with Crippen LogP contribution in [-0.2, 0) is 24.8 Å². The van der Waals surface area contributed by atoms with Crippen molar-refractivity contribution in [2.45, 2.75) is 19.9 Å². The van der Waals surface area contributed by atoms with Crippen LogP contribution in [0.2, 0.25) is 0 Å². The molecule has 1 aromatic carbocycles. The van der Waals surface area contributed by atoms with E-state index in [1.54, 1.807) is 40.9 Å². The number of fused-ring (bicyclic) bond motifs is 1. The van der Waals surface area contributed by atoms with Crippen molar-refractivity contribution in [3.63, 3.8) is 0 Å².